The number of nitrogens with zero attached hydrogens (tertiary/aromatic N) is 4. The van der Waals surface area contributed by atoms with Gasteiger partial charge in [0.25, 0.3) is 0 Å². The van der Waals surface area contributed by atoms with E-state index in [9.17, 15) is 4.39 Å². The van der Waals surface area contributed by atoms with Crippen LogP contribution in [0.2, 0.25) is 0 Å². The zero-order valence-corrected chi connectivity index (χ0v) is 18.0. The Kier molecular flexibility index (Phi) is 5.71. The average Bonchev–Trinajstić information content (AvgIpc) is 2.78. The molecule has 1 heterocycles. The summed E-state index contributed by atoms with van der Waals surface area (Å²) in [5, 5.41) is 21.3. The molecule has 0 atom stereocenters. The van der Waals surface area contributed by atoms with Crippen molar-refractivity contribution in [1.82, 2.24) is 9.97 Å². The van der Waals surface area contributed by atoms with Gasteiger partial charge in [-0.05, 0) is 78.6 Å². The van der Waals surface area contributed by atoms with Crippen molar-refractivity contribution < 1.29 is 4.39 Å². The van der Waals surface area contributed by atoms with Gasteiger partial charge >= 0.3 is 0 Å². The first kappa shape index (κ1) is 21.5. The number of fused-ring (bicyclic) bond motifs is 1. The van der Waals surface area contributed by atoms with Gasteiger partial charge in [0.2, 0.25) is 5.95 Å². The van der Waals surface area contributed by atoms with Gasteiger partial charge < -0.3 is 11.1 Å². The van der Waals surface area contributed by atoms with Crippen LogP contribution in [0.1, 0.15) is 22.3 Å². The zero-order chi connectivity index (χ0) is 23.5. The third-order valence-corrected chi connectivity index (χ3v) is 5.24. The maximum Gasteiger partial charge on any atom is 0.229 e. The van der Waals surface area contributed by atoms with Gasteiger partial charge in [-0.15, -0.1) is 0 Å². The van der Waals surface area contributed by atoms with E-state index in [1.54, 1.807) is 30.3 Å². The second-order valence-corrected chi connectivity index (χ2v) is 7.59. The molecule has 0 unspecified atom stereocenters. The molecule has 0 radical (unpaired) electrons. The smallest absolute Gasteiger partial charge is 0.229 e. The summed E-state index contributed by atoms with van der Waals surface area (Å²) >= 11 is 0. The first-order valence-electron chi connectivity index (χ1n) is 10.1. The predicted molar refractivity (Wildman–Crippen MR) is 128 cm³/mol. The SMILES string of the molecule is Cc1cc(/C=C/C#N)cc(C)c1-c1cc(F)cc2c(N)nc(Nc3ccc(C#N)cc3)nc12. The third kappa shape index (κ3) is 4.34. The molecule has 160 valence electrons. The number of aromatic nitrogens is 2. The molecule has 7 heteroatoms. The second kappa shape index (κ2) is 8.78. The van der Waals surface area contributed by atoms with Crippen LogP contribution in [0.4, 0.5) is 21.8 Å². The molecule has 3 aromatic carbocycles. The molecule has 3 N–H and O–H groups in total. The molecule has 0 aliphatic heterocycles. The van der Waals surface area contributed by atoms with Crippen LogP contribution in [0.25, 0.3) is 28.1 Å². The first-order valence-corrected chi connectivity index (χ1v) is 10.1. The topological polar surface area (TPSA) is 111 Å². The molecule has 33 heavy (non-hydrogen) atoms. The summed E-state index contributed by atoms with van der Waals surface area (Å²) in [7, 11) is 0. The van der Waals surface area contributed by atoms with Gasteiger partial charge in [-0.25, -0.2) is 9.37 Å². The van der Waals surface area contributed by atoms with Crippen molar-refractivity contribution in [2.75, 3.05) is 11.1 Å². The molecule has 4 rings (SSSR count). The van der Waals surface area contributed by atoms with Gasteiger partial charge in [-0.1, -0.05) is 12.1 Å². The number of nitriles is 2. The summed E-state index contributed by atoms with van der Waals surface area (Å²) in [5.74, 6) is -0.0184. The second-order valence-electron chi connectivity index (χ2n) is 7.59. The van der Waals surface area contributed by atoms with Gasteiger partial charge in [0.15, 0.2) is 0 Å². The van der Waals surface area contributed by atoms with Crippen LogP contribution in [0, 0.1) is 42.3 Å². The van der Waals surface area contributed by atoms with Crippen LogP contribution >= 0.6 is 0 Å². The van der Waals surface area contributed by atoms with Crippen LogP contribution < -0.4 is 11.1 Å². The number of nitrogens with two attached hydrogens (primary N) is 1. The van der Waals surface area contributed by atoms with E-state index < -0.39 is 5.82 Å². The molecule has 0 spiro atoms. The predicted octanol–water partition coefficient (Wildman–Crippen LogP) is 5.79. The van der Waals surface area contributed by atoms with Crippen molar-refractivity contribution in [2.24, 2.45) is 0 Å². The molecule has 0 aliphatic rings. The van der Waals surface area contributed by atoms with Crippen molar-refractivity contribution in [3.63, 3.8) is 0 Å². The molecule has 6 nitrogen and oxygen atoms in total. The fraction of sp³-hybridized carbons (Fsp3) is 0.0769. The summed E-state index contributed by atoms with van der Waals surface area (Å²) in [5.41, 5.74) is 12.1. The van der Waals surface area contributed by atoms with E-state index in [1.807, 2.05) is 32.0 Å². The van der Waals surface area contributed by atoms with Gasteiger partial charge in [-0.3, -0.25) is 0 Å². The minimum Gasteiger partial charge on any atom is -0.383 e. The lowest BCUT2D eigenvalue weighted by Crippen LogP contribution is -2.03. The van der Waals surface area contributed by atoms with Gasteiger partial charge in [0, 0.05) is 22.7 Å². The van der Waals surface area contributed by atoms with E-state index in [-0.39, 0.29) is 11.8 Å². The number of anilines is 3. The van der Waals surface area contributed by atoms with Crippen LogP contribution in [0.15, 0.2) is 54.6 Å². The maximum absolute atomic E-state index is 14.6. The Morgan fingerprint density at radius 1 is 1.00 bits per heavy atom. The lowest BCUT2D eigenvalue weighted by Gasteiger charge is -2.15. The Morgan fingerprint density at radius 2 is 1.70 bits per heavy atom. The van der Waals surface area contributed by atoms with Crippen LogP contribution in [0.3, 0.4) is 0 Å². The highest BCUT2D eigenvalue weighted by atomic mass is 19.1. The molecule has 0 saturated heterocycles. The number of nitrogens with one attached hydrogen (secondary N) is 1. The van der Waals surface area contributed by atoms with Gasteiger partial charge in [-0.2, -0.15) is 15.5 Å². The number of benzene rings is 3. The average molecular weight is 434 g/mol. The van der Waals surface area contributed by atoms with Crippen LogP contribution in [0.5, 0.6) is 0 Å². The molecule has 4 aromatic rings. The van der Waals surface area contributed by atoms with Crippen molar-refractivity contribution >= 4 is 34.4 Å². The van der Waals surface area contributed by atoms with E-state index in [1.165, 1.54) is 18.2 Å². The molecular formula is C26H19FN6. The van der Waals surface area contributed by atoms with Crippen molar-refractivity contribution in [1.29, 1.82) is 10.5 Å². The number of nitrogen functional groups attached to an aromatic ring is 1. The standard InChI is InChI=1S/C26H19FN6/c1-15-10-18(4-3-9-28)11-16(2)23(15)21-12-19(27)13-22-24(21)32-26(33-25(22)30)31-20-7-5-17(14-29)6-8-20/h3-8,10-13H,1-2H3,(H3,30,31,32,33)/b4-3+. The van der Waals surface area contributed by atoms with E-state index in [2.05, 4.69) is 21.4 Å². The van der Waals surface area contributed by atoms with Crippen molar-refractivity contribution in [2.45, 2.75) is 13.8 Å². The molecule has 1 aromatic heterocycles. The third-order valence-electron chi connectivity index (χ3n) is 5.24. The van der Waals surface area contributed by atoms with Crippen molar-refractivity contribution in [3.8, 4) is 23.3 Å². The quantitative estimate of drug-likeness (QED) is 0.393. The lowest BCUT2D eigenvalue weighted by atomic mass is 9.92. The minimum absolute atomic E-state index is 0.153. The van der Waals surface area contributed by atoms with Crippen molar-refractivity contribution in [3.05, 3.63) is 82.7 Å². The minimum atomic E-state index is -0.437. The number of allylic oxidation sites excluding steroid dienone is 1. The Bertz CT molecular complexity index is 1470. The number of halogens is 1. The molecule has 0 saturated carbocycles. The summed E-state index contributed by atoms with van der Waals surface area (Å²) in [6.07, 6.45) is 3.15. The Hall–Kier alpha value is -4.75. The molecule has 0 bridgehead atoms. The molecule has 0 aliphatic carbocycles. The normalized spacial score (nSPS) is 10.8. The number of hydrogen-bond donors (Lipinski definition) is 2. The summed E-state index contributed by atoms with van der Waals surface area (Å²) in [6, 6.07) is 17.6. The lowest BCUT2D eigenvalue weighted by molar-refractivity contribution is 0.630. The summed E-state index contributed by atoms with van der Waals surface area (Å²) < 4.78 is 14.6. The highest BCUT2D eigenvalue weighted by molar-refractivity contribution is 6.00. The van der Waals surface area contributed by atoms with Gasteiger partial charge in [0.05, 0.1) is 23.2 Å². The molecule has 0 amide bonds. The monoisotopic (exact) mass is 434 g/mol. The van der Waals surface area contributed by atoms with E-state index >= 15 is 0 Å². The molecule has 0 fully saturated rings. The fourth-order valence-electron chi connectivity index (χ4n) is 3.88. The summed E-state index contributed by atoms with van der Waals surface area (Å²) in [4.78, 5) is 8.95. The fourth-order valence-corrected chi connectivity index (χ4v) is 3.88. The number of rotatable bonds is 4. The first-order chi connectivity index (χ1) is 15.9. The summed E-state index contributed by atoms with van der Waals surface area (Å²) in [6.45, 7) is 3.87. The van der Waals surface area contributed by atoms with E-state index in [4.69, 9.17) is 16.3 Å². The largest absolute Gasteiger partial charge is 0.383 e. The Morgan fingerprint density at radius 3 is 2.33 bits per heavy atom. The number of hydrogen-bond acceptors (Lipinski definition) is 6. The zero-order valence-electron chi connectivity index (χ0n) is 18.0. The van der Waals surface area contributed by atoms with E-state index in [0.717, 1.165) is 22.3 Å². The van der Waals surface area contributed by atoms with Crippen LogP contribution in [-0.4, -0.2) is 9.97 Å². The van der Waals surface area contributed by atoms with Crippen LogP contribution in [-0.2, 0) is 0 Å². The van der Waals surface area contributed by atoms with E-state index in [0.29, 0.717) is 27.7 Å². The number of aryl methyl sites for hydroxylation is 2. The Labute approximate surface area is 190 Å². The maximum atomic E-state index is 14.6. The Balaban J connectivity index is 1.88. The molecular weight excluding hydrogens is 415 g/mol. The van der Waals surface area contributed by atoms with Gasteiger partial charge in [0.1, 0.15) is 11.6 Å². The highest BCUT2D eigenvalue weighted by Gasteiger charge is 2.17. The highest BCUT2D eigenvalue weighted by Crippen LogP contribution is 2.36.